The van der Waals surface area contributed by atoms with Crippen LogP contribution in [0.2, 0.25) is 0 Å². The molecule has 0 aliphatic carbocycles. The zero-order valence-electron chi connectivity index (χ0n) is 12.9. The van der Waals surface area contributed by atoms with Crippen LogP contribution in [0.4, 0.5) is 0 Å². The third-order valence-electron chi connectivity index (χ3n) is 3.78. The van der Waals surface area contributed by atoms with Gasteiger partial charge in [-0.25, -0.2) is 0 Å². The highest BCUT2D eigenvalue weighted by Crippen LogP contribution is 2.25. The largest absolute Gasteiger partial charge is 0.496 e. The quantitative estimate of drug-likeness (QED) is 0.781. The number of methoxy groups -OCH3 is 1. The zero-order valence-corrected chi connectivity index (χ0v) is 12.9. The molecule has 0 spiro atoms. The molecule has 0 bridgehead atoms. The van der Waals surface area contributed by atoms with Gasteiger partial charge in [0.1, 0.15) is 5.75 Å². The van der Waals surface area contributed by atoms with Gasteiger partial charge in [0, 0.05) is 24.2 Å². The Morgan fingerprint density at radius 1 is 1.26 bits per heavy atom. The molecule has 108 valence electrons. The van der Waals surface area contributed by atoms with Crippen LogP contribution in [0.3, 0.4) is 0 Å². The third kappa shape index (κ3) is 4.51. The number of benzene rings is 1. The smallest absolute Gasteiger partial charge is 0.123 e. The lowest BCUT2D eigenvalue weighted by Gasteiger charge is -2.29. The van der Waals surface area contributed by atoms with Crippen LogP contribution in [0.5, 0.6) is 5.75 Å². The molecule has 1 rings (SSSR count). The molecule has 0 amide bonds. The molecular weight excluding hydrogens is 236 g/mol. The molecule has 0 aromatic heterocycles. The molecule has 2 atom stereocenters. The Balaban J connectivity index is 2.87. The van der Waals surface area contributed by atoms with E-state index in [1.807, 2.05) is 12.1 Å². The van der Waals surface area contributed by atoms with E-state index in [1.165, 1.54) is 12.0 Å². The summed E-state index contributed by atoms with van der Waals surface area (Å²) in [5.74, 6) is 0.964. The second kappa shape index (κ2) is 8.18. The van der Waals surface area contributed by atoms with Crippen molar-refractivity contribution in [2.45, 2.75) is 39.3 Å². The lowest BCUT2D eigenvalue weighted by molar-refractivity contribution is 0.223. The van der Waals surface area contributed by atoms with Crippen LogP contribution in [0.15, 0.2) is 24.3 Å². The first-order valence-electron chi connectivity index (χ1n) is 7.20. The summed E-state index contributed by atoms with van der Waals surface area (Å²) in [5.41, 5.74) is 1.24. The summed E-state index contributed by atoms with van der Waals surface area (Å²) in [6, 6.07) is 9.17. The summed E-state index contributed by atoms with van der Waals surface area (Å²) in [6.07, 6.45) is 1.17. The summed E-state index contributed by atoms with van der Waals surface area (Å²) in [7, 11) is 3.92. The standard InChI is InChI=1S/C16H28N2O/c1-6-13(3)18(4)12-15(17-7-2)14-10-8-9-11-16(14)19-5/h8-11,13,15,17H,6-7,12H2,1-5H3. The Kier molecular flexibility index (Phi) is 6.89. The maximum absolute atomic E-state index is 5.48. The lowest BCUT2D eigenvalue weighted by Crippen LogP contribution is -2.37. The van der Waals surface area contributed by atoms with E-state index in [2.05, 4.69) is 50.2 Å². The van der Waals surface area contributed by atoms with Crippen molar-refractivity contribution >= 4 is 0 Å². The van der Waals surface area contributed by atoms with Gasteiger partial charge in [-0.1, -0.05) is 32.0 Å². The number of hydrogen-bond acceptors (Lipinski definition) is 3. The highest BCUT2D eigenvalue weighted by Gasteiger charge is 2.18. The van der Waals surface area contributed by atoms with Gasteiger partial charge in [-0.05, 0) is 33.0 Å². The van der Waals surface area contributed by atoms with Gasteiger partial charge in [0.15, 0.2) is 0 Å². The van der Waals surface area contributed by atoms with Gasteiger partial charge in [0.2, 0.25) is 0 Å². The average molecular weight is 264 g/mol. The topological polar surface area (TPSA) is 24.5 Å². The number of rotatable bonds is 8. The first-order chi connectivity index (χ1) is 9.13. The molecule has 3 nitrogen and oxygen atoms in total. The normalized spacial score (nSPS) is 14.4. The highest BCUT2D eigenvalue weighted by atomic mass is 16.5. The monoisotopic (exact) mass is 264 g/mol. The highest BCUT2D eigenvalue weighted by molar-refractivity contribution is 5.36. The van der Waals surface area contributed by atoms with Crippen molar-refractivity contribution in [3.8, 4) is 5.75 Å². The van der Waals surface area contributed by atoms with Crippen molar-refractivity contribution in [3.63, 3.8) is 0 Å². The van der Waals surface area contributed by atoms with Crippen LogP contribution in [0, 0.1) is 0 Å². The summed E-state index contributed by atoms with van der Waals surface area (Å²) in [5, 5.41) is 3.56. The van der Waals surface area contributed by atoms with Gasteiger partial charge < -0.3 is 15.0 Å². The SMILES string of the molecule is CCNC(CN(C)C(C)CC)c1ccccc1OC. The second-order valence-electron chi connectivity index (χ2n) is 5.05. The van der Waals surface area contributed by atoms with Gasteiger partial charge in [-0.2, -0.15) is 0 Å². The number of nitrogens with zero attached hydrogens (tertiary/aromatic N) is 1. The molecule has 1 N–H and O–H groups in total. The molecule has 3 heteroatoms. The summed E-state index contributed by atoms with van der Waals surface area (Å²) in [4.78, 5) is 2.40. The number of nitrogens with one attached hydrogen (secondary N) is 1. The maximum Gasteiger partial charge on any atom is 0.123 e. The van der Waals surface area contributed by atoms with Crippen LogP contribution in [-0.4, -0.2) is 38.2 Å². The molecule has 2 unspecified atom stereocenters. The molecule has 0 saturated carbocycles. The van der Waals surface area contributed by atoms with Crippen molar-refractivity contribution in [2.75, 3.05) is 27.2 Å². The molecule has 0 fully saturated rings. The van der Waals surface area contributed by atoms with Gasteiger partial charge in [-0.3, -0.25) is 0 Å². The first-order valence-corrected chi connectivity index (χ1v) is 7.20. The van der Waals surface area contributed by atoms with Gasteiger partial charge >= 0.3 is 0 Å². The predicted octanol–water partition coefficient (Wildman–Crippen LogP) is 3.08. The van der Waals surface area contributed by atoms with Gasteiger partial charge in [0.05, 0.1) is 7.11 Å². The molecule has 0 aliphatic heterocycles. The van der Waals surface area contributed by atoms with Crippen LogP contribution in [-0.2, 0) is 0 Å². The van der Waals surface area contributed by atoms with E-state index in [4.69, 9.17) is 4.74 Å². The fraction of sp³-hybridized carbons (Fsp3) is 0.625. The first kappa shape index (κ1) is 16.0. The summed E-state index contributed by atoms with van der Waals surface area (Å²) < 4.78 is 5.48. The Bertz CT molecular complexity index is 368. The zero-order chi connectivity index (χ0) is 14.3. The minimum Gasteiger partial charge on any atom is -0.496 e. The van der Waals surface area contributed by atoms with E-state index in [0.29, 0.717) is 12.1 Å². The van der Waals surface area contributed by atoms with Crippen molar-refractivity contribution in [2.24, 2.45) is 0 Å². The van der Waals surface area contributed by atoms with E-state index in [1.54, 1.807) is 7.11 Å². The molecule has 1 aromatic carbocycles. The van der Waals surface area contributed by atoms with Crippen molar-refractivity contribution in [1.82, 2.24) is 10.2 Å². The minimum atomic E-state index is 0.306. The second-order valence-corrected chi connectivity index (χ2v) is 5.05. The molecule has 0 saturated heterocycles. The van der Waals surface area contributed by atoms with Crippen molar-refractivity contribution in [1.29, 1.82) is 0 Å². The Labute approximate surface area is 118 Å². The molecule has 1 aromatic rings. The van der Waals surface area contributed by atoms with E-state index in [9.17, 15) is 0 Å². The van der Waals surface area contributed by atoms with Crippen LogP contribution in [0.1, 0.15) is 38.8 Å². The van der Waals surface area contributed by atoms with Crippen LogP contribution >= 0.6 is 0 Å². The minimum absolute atomic E-state index is 0.306. The molecule has 0 aliphatic rings. The molecule has 19 heavy (non-hydrogen) atoms. The predicted molar refractivity (Wildman–Crippen MR) is 81.8 cm³/mol. The van der Waals surface area contributed by atoms with Gasteiger partial charge in [-0.15, -0.1) is 0 Å². The van der Waals surface area contributed by atoms with E-state index in [-0.39, 0.29) is 0 Å². The number of ether oxygens (including phenoxy) is 1. The third-order valence-corrected chi connectivity index (χ3v) is 3.78. The Morgan fingerprint density at radius 3 is 2.53 bits per heavy atom. The van der Waals surface area contributed by atoms with E-state index in [0.717, 1.165) is 18.8 Å². The van der Waals surface area contributed by atoms with Crippen molar-refractivity contribution in [3.05, 3.63) is 29.8 Å². The van der Waals surface area contributed by atoms with E-state index >= 15 is 0 Å². The van der Waals surface area contributed by atoms with Crippen molar-refractivity contribution < 1.29 is 4.74 Å². The summed E-state index contributed by atoms with van der Waals surface area (Å²) in [6.45, 7) is 8.59. The van der Waals surface area contributed by atoms with Gasteiger partial charge in [0.25, 0.3) is 0 Å². The molecular formula is C16H28N2O. The molecule has 0 radical (unpaired) electrons. The van der Waals surface area contributed by atoms with Crippen LogP contribution < -0.4 is 10.1 Å². The summed E-state index contributed by atoms with van der Waals surface area (Å²) >= 11 is 0. The van der Waals surface area contributed by atoms with Crippen LogP contribution in [0.25, 0.3) is 0 Å². The Morgan fingerprint density at radius 2 is 1.95 bits per heavy atom. The fourth-order valence-corrected chi connectivity index (χ4v) is 2.25. The maximum atomic E-state index is 5.48. The number of para-hydroxylation sites is 1. The fourth-order valence-electron chi connectivity index (χ4n) is 2.25. The van der Waals surface area contributed by atoms with E-state index < -0.39 is 0 Å². The number of likely N-dealkylation sites (N-methyl/N-ethyl adjacent to an activating group) is 2. The number of hydrogen-bond donors (Lipinski definition) is 1. The lowest BCUT2D eigenvalue weighted by atomic mass is 10.0. The molecule has 0 heterocycles. The average Bonchev–Trinajstić information content (AvgIpc) is 2.45. The Hall–Kier alpha value is -1.06.